The molecule has 0 spiro atoms. The standard InChI is InChI=1S/C12H14BrF3N2O3/c1-17-6-8(13)5-9(17)11(20)18(7-12(14,15)16)4-3-10(19)21-2/h5-6H,3-4,7H2,1-2H3. The highest BCUT2D eigenvalue weighted by molar-refractivity contribution is 9.10. The van der Waals surface area contributed by atoms with E-state index in [-0.39, 0.29) is 18.7 Å². The largest absolute Gasteiger partial charge is 0.469 e. The molecule has 1 aromatic rings. The lowest BCUT2D eigenvalue weighted by Gasteiger charge is -2.23. The van der Waals surface area contributed by atoms with Crippen LogP contribution < -0.4 is 0 Å². The third kappa shape index (κ3) is 5.41. The fourth-order valence-corrected chi connectivity index (χ4v) is 2.22. The summed E-state index contributed by atoms with van der Waals surface area (Å²) in [7, 11) is 2.68. The molecule has 0 saturated heterocycles. The molecule has 0 aliphatic carbocycles. The van der Waals surface area contributed by atoms with E-state index in [0.717, 1.165) is 7.11 Å². The van der Waals surface area contributed by atoms with Crippen molar-refractivity contribution >= 4 is 27.8 Å². The van der Waals surface area contributed by atoms with Gasteiger partial charge >= 0.3 is 12.1 Å². The smallest absolute Gasteiger partial charge is 0.406 e. The first-order chi connectivity index (χ1) is 9.64. The number of methoxy groups -OCH3 is 1. The summed E-state index contributed by atoms with van der Waals surface area (Å²) in [6, 6.07) is 1.42. The molecular formula is C12H14BrF3N2O3. The Morgan fingerprint density at radius 1 is 1.43 bits per heavy atom. The van der Waals surface area contributed by atoms with Crippen LogP contribution in [0.4, 0.5) is 13.2 Å². The minimum atomic E-state index is -4.55. The van der Waals surface area contributed by atoms with Crippen LogP contribution >= 0.6 is 15.9 Å². The minimum absolute atomic E-state index is 0.0935. The van der Waals surface area contributed by atoms with Gasteiger partial charge in [0.1, 0.15) is 12.2 Å². The van der Waals surface area contributed by atoms with Gasteiger partial charge in [0.15, 0.2) is 0 Å². The SMILES string of the molecule is COC(=O)CCN(CC(F)(F)F)C(=O)c1cc(Br)cn1C. The Hall–Kier alpha value is -1.51. The average Bonchev–Trinajstić information content (AvgIpc) is 2.70. The van der Waals surface area contributed by atoms with Crippen LogP contribution in [-0.2, 0) is 16.6 Å². The summed E-state index contributed by atoms with van der Waals surface area (Å²) in [5.74, 6) is -1.48. The van der Waals surface area contributed by atoms with E-state index >= 15 is 0 Å². The molecular weight excluding hydrogens is 357 g/mol. The Balaban J connectivity index is 2.91. The summed E-state index contributed by atoms with van der Waals surface area (Å²) in [6.07, 6.45) is -3.29. The molecule has 9 heteroatoms. The zero-order valence-electron chi connectivity index (χ0n) is 11.4. The number of amides is 1. The van der Waals surface area contributed by atoms with Crippen LogP contribution in [0.3, 0.4) is 0 Å². The van der Waals surface area contributed by atoms with Crippen LogP contribution in [0, 0.1) is 0 Å². The number of hydrogen-bond donors (Lipinski definition) is 0. The van der Waals surface area contributed by atoms with Gasteiger partial charge in [0.2, 0.25) is 0 Å². The lowest BCUT2D eigenvalue weighted by atomic mass is 10.3. The van der Waals surface area contributed by atoms with Gasteiger partial charge in [-0.05, 0) is 22.0 Å². The van der Waals surface area contributed by atoms with Crippen LogP contribution in [0.1, 0.15) is 16.9 Å². The molecule has 1 heterocycles. The van der Waals surface area contributed by atoms with Crippen molar-refractivity contribution < 1.29 is 27.5 Å². The number of alkyl halides is 3. The summed E-state index contributed by atoms with van der Waals surface area (Å²) in [4.78, 5) is 23.8. The lowest BCUT2D eigenvalue weighted by molar-refractivity contribution is -0.147. The highest BCUT2D eigenvalue weighted by Crippen LogP contribution is 2.20. The number of carbonyl (C=O) groups is 2. The fraction of sp³-hybridized carbons (Fsp3) is 0.500. The third-order valence-corrected chi connectivity index (χ3v) is 3.10. The van der Waals surface area contributed by atoms with E-state index in [4.69, 9.17) is 0 Å². The monoisotopic (exact) mass is 370 g/mol. The number of hydrogen-bond acceptors (Lipinski definition) is 3. The van der Waals surface area contributed by atoms with E-state index in [0.29, 0.717) is 9.37 Å². The molecule has 0 saturated carbocycles. The molecule has 1 aromatic heterocycles. The van der Waals surface area contributed by atoms with Crippen LogP contribution in [0.5, 0.6) is 0 Å². The third-order valence-electron chi connectivity index (χ3n) is 2.66. The zero-order chi connectivity index (χ0) is 16.2. The summed E-state index contributed by atoms with van der Waals surface area (Å²) < 4.78 is 44.1. The number of esters is 1. The number of halogens is 4. The molecule has 1 amide bonds. The first-order valence-corrected chi connectivity index (χ1v) is 6.68. The van der Waals surface area contributed by atoms with Gasteiger partial charge in [-0.15, -0.1) is 0 Å². The second-order valence-corrected chi connectivity index (χ2v) is 5.24. The van der Waals surface area contributed by atoms with Crippen molar-refractivity contribution in [3.05, 3.63) is 22.4 Å². The number of ether oxygens (including phenoxy) is 1. The van der Waals surface area contributed by atoms with Gasteiger partial charge in [-0.25, -0.2) is 0 Å². The van der Waals surface area contributed by atoms with Crippen molar-refractivity contribution in [3.8, 4) is 0 Å². The van der Waals surface area contributed by atoms with Crippen LogP contribution in [0.15, 0.2) is 16.7 Å². The molecule has 0 aliphatic heterocycles. The van der Waals surface area contributed by atoms with Crippen molar-refractivity contribution in [2.75, 3.05) is 20.2 Å². The zero-order valence-corrected chi connectivity index (χ0v) is 13.0. The number of carbonyl (C=O) groups excluding carboxylic acids is 2. The topological polar surface area (TPSA) is 51.5 Å². The Bertz CT molecular complexity index is 528. The van der Waals surface area contributed by atoms with E-state index in [1.165, 1.54) is 10.6 Å². The minimum Gasteiger partial charge on any atom is -0.469 e. The maximum Gasteiger partial charge on any atom is 0.406 e. The second-order valence-electron chi connectivity index (χ2n) is 4.32. The first kappa shape index (κ1) is 17.5. The molecule has 0 aliphatic rings. The predicted octanol–water partition coefficient (Wildman–Crippen LogP) is 2.36. The van der Waals surface area contributed by atoms with Crippen LogP contribution in [-0.4, -0.2) is 47.7 Å². The quantitative estimate of drug-likeness (QED) is 0.747. The fourth-order valence-electron chi connectivity index (χ4n) is 1.70. The molecule has 5 nitrogen and oxygen atoms in total. The Labute approximate surface area is 127 Å². The lowest BCUT2D eigenvalue weighted by Crippen LogP contribution is -2.41. The molecule has 0 atom stereocenters. The number of aryl methyl sites for hydroxylation is 1. The molecule has 0 bridgehead atoms. The summed E-state index contributed by atoms with van der Waals surface area (Å²) >= 11 is 3.15. The number of rotatable bonds is 5. The van der Waals surface area contributed by atoms with Gasteiger partial charge in [0.05, 0.1) is 13.5 Å². The van der Waals surface area contributed by atoms with E-state index in [1.54, 1.807) is 13.2 Å². The van der Waals surface area contributed by atoms with Gasteiger partial charge in [-0.2, -0.15) is 13.2 Å². The van der Waals surface area contributed by atoms with Gasteiger partial charge in [-0.1, -0.05) is 0 Å². The van der Waals surface area contributed by atoms with Crippen molar-refractivity contribution in [3.63, 3.8) is 0 Å². The molecule has 0 fully saturated rings. The molecule has 0 unspecified atom stereocenters. The van der Waals surface area contributed by atoms with E-state index in [2.05, 4.69) is 20.7 Å². The highest BCUT2D eigenvalue weighted by Gasteiger charge is 2.34. The van der Waals surface area contributed by atoms with Crippen molar-refractivity contribution in [1.29, 1.82) is 0 Å². The van der Waals surface area contributed by atoms with E-state index < -0.39 is 24.6 Å². The average molecular weight is 371 g/mol. The van der Waals surface area contributed by atoms with Gasteiger partial charge in [0, 0.05) is 24.3 Å². The van der Waals surface area contributed by atoms with Crippen LogP contribution in [0.2, 0.25) is 0 Å². The molecule has 1 rings (SSSR count). The molecule has 118 valence electrons. The van der Waals surface area contributed by atoms with E-state index in [9.17, 15) is 22.8 Å². The van der Waals surface area contributed by atoms with Gasteiger partial charge < -0.3 is 14.2 Å². The Kier molecular flexibility index (Phi) is 5.82. The van der Waals surface area contributed by atoms with Crippen molar-refractivity contribution in [1.82, 2.24) is 9.47 Å². The maximum atomic E-state index is 12.6. The van der Waals surface area contributed by atoms with Gasteiger partial charge in [-0.3, -0.25) is 9.59 Å². The second kappa shape index (κ2) is 6.97. The predicted molar refractivity (Wildman–Crippen MR) is 71.7 cm³/mol. The van der Waals surface area contributed by atoms with Crippen LogP contribution in [0.25, 0.3) is 0 Å². The Morgan fingerprint density at radius 2 is 2.05 bits per heavy atom. The summed E-state index contributed by atoms with van der Waals surface area (Å²) in [5.41, 5.74) is 0.0935. The summed E-state index contributed by atoms with van der Waals surface area (Å²) in [6.45, 7) is -1.79. The van der Waals surface area contributed by atoms with Crippen molar-refractivity contribution in [2.24, 2.45) is 7.05 Å². The van der Waals surface area contributed by atoms with Gasteiger partial charge in [0.25, 0.3) is 5.91 Å². The van der Waals surface area contributed by atoms with E-state index in [1.807, 2.05) is 0 Å². The molecule has 0 radical (unpaired) electrons. The Morgan fingerprint density at radius 3 is 2.48 bits per heavy atom. The normalized spacial score (nSPS) is 11.3. The highest BCUT2D eigenvalue weighted by atomic mass is 79.9. The molecule has 21 heavy (non-hydrogen) atoms. The maximum absolute atomic E-state index is 12.6. The molecule has 0 aromatic carbocycles. The number of nitrogens with zero attached hydrogens (tertiary/aromatic N) is 2. The first-order valence-electron chi connectivity index (χ1n) is 5.88. The summed E-state index contributed by atoms with van der Waals surface area (Å²) in [5, 5.41) is 0. The van der Waals surface area contributed by atoms with Crippen molar-refractivity contribution in [2.45, 2.75) is 12.6 Å². The number of aromatic nitrogens is 1. The molecule has 0 N–H and O–H groups in total.